The van der Waals surface area contributed by atoms with Gasteiger partial charge >= 0.3 is 6.09 Å². The van der Waals surface area contributed by atoms with Crippen LogP contribution in [0.2, 0.25) is 0 Å². The molecule has 4 nitrogen and oxygen atoms in total. The Hall–Kier alpha value is -1.71. The zero-order valence-corrected chi connectivity index (χ0v) is 13.2. The first-order valence-electron chi connectivity index (χ1n) is 7.75. The molecule has 1 amide bonds. The van der Waals surface area contributed by atoms with Crippen molar-refractivity contribution < 1.29 is 9.53 Å². The lowest BCUT2D eigenvalue weighted by atomic mass is 9.90. The number of carbonyl (C=O) groups excluding carboxylic acids is 1. The third-order valence-electron chi connectivity index (χ3n) is 3.59. The molecule has 1 aliphatic rings. The molecular formula is C17H26N2O2. The third kappa shape index (κ3) is 5.29. The molecule has 116 valence electrons. The normalized spacial score (nSPS) is 22.4. The minimum absolute atomic E-state index is 0.119. The van der Waals surface area contributed by atoms with E-state index in [0.29, 0.717) is 0 Å². The summed E-state index contributed by atoms with van der Waals surface area (Å²) in [7, 11) is 0. The summed E-state index contributed by atoms with van der Waals surface area (Å²) in [5.41, 5.74) is 0.640. The van der Waals surface area contributed by atoms with Gasteiger partial charge in [-0.1, -0.05) is 31.0 Å². The van der Waals surface area contributed by atoms with Crippen molar-refractivity contribution in [3.63, 3.8) is 0 Å². The Morgan fingerprint density at radius 2 is 1.71 bits per heavy atom. The molecule has 1 aromatic rings. The number of anilines is 1. The number of para-hydroxylation sites is 1. The molecule has 1 aliphatic carbocycles. The molecule has 1 saturated carbocycles. The lowest BCUT2D eigenvalue weighted by Crippen LogP contribution is -2.49. The highest BCUT2D eigenvalue weighted by molar-refractivity contribution is 5.68. The van der Waals surface area contributed by atoms with Gasteiger partial charge in [-0.25, -0.2) is 4.79 Å². The smallest absolute Gasteiger partial charge is 0.407 e. The molecule has 1 aromatic carbocycles. The van der Waals surface area contributed by atoms with Crippen molar-refractivity contribution in [2.75, 3.05) is 5.32 Å². The minimum atomic E-state index is -0.457. The van der Waals surface area contributed by atoms with Gasteiger partial charge in [-0.05, 0) is 45.7 Å². The van der Waals surface area contributed by atoms with Gasteiger partial charge in [0.2, 0.25) is 0 Å². The monoisotopic (exact) mass is 290 g/mol. The second kappa shape index (κ2) is 6.83. The van der Waals surface area contributed by atoms with Crippen molar-refractivity contribution in [3.8, 4) is 0 Å². The van der Waals surface area contributed by atoms with Crippen LogP contribution in [0.4, 0.5) is 10.5 Å². The van der Waals surface area contributed by atoms with Crippen LogP contribution >= 0.6 is 0 Å². The number of alkyl carbamates (subject to hydrolysis) is 1. The molecule has 0 aromatic heterocycles. The molecule has 0 saturated heterocycles. The fraction of sp³-hybridized carbons (Fsp3) is 0.588. The van der Waals surface area contributed by atoms with E-state index in [0.717, 1.165) is 24.9 Å². The Morgan fingerprint density at radius 1 is 1.10 bits per heavy atom. The lowest BCUT2D eigenvalue weighted by molar-refractivity contribution is 0.0488. The molecule has 21 heavy (non-hydrogen) atoms. The minimum Gasteiger partial charge on any atom is -0.444 e. The van der Waals surface area contributed by atoms with Crippen molar-refractivity contribution >= 4 is 11.8 Å². The highest BCUT2D eigenvalue weighted by Gasteiger charge is 2.28. The SMILES string of the molecule is CC(C)(C)OC(=O)N[C@H]1CCCC[C@H]1Nc1ccccc1. The predicted molar refractivity (Wildman–Crippen MR) is 85.5 cm³/mol. The quantitative estimate of drug-likeness (QED) is 0.886. The number of rotatable bonds is 3. The Morgan fingerprint density at radius 3 is 2.33 bits per heavy atom. The maximum absolute atomic E-state index is 12.0. The van der Waals surface area contributed by atoms with Crippen LogP contribution in [0.25, 0.3) is 0 Å². The zero-order chi connectivity index (χ0) is 15.3. The number of benzene rings is 1. The molecule has 2 N–H and O–H groups in total. The Kier molecular flexibility index (Phi) is 5.10. The van der Waals surface area contributed by atoms with E-state index in [1.807, 2.05) is 39.0 Å². The maximum Gasteiger partial charge on any atom is 0.407 e. The summed E-state index contributed by atoms with van der Waals surface area (Å²) in [6.07, 6.45) is 4.07. The van der Waals surface area contributed by atoms with Crippen LogP contribution in [0.5, 0.6) is 0 Å². The van der Waals surface area contributed by atoms with Gasteiger partial charge in [0.25, 0.3) is 0 Å². The fourth-order valence-corrected chi connectivity index (χ4v) is 2.68. The van der Waals surface area contributed by atoms with Crippen LogP contribution in [0.1, 0.15) is 46.5 Å². The molecule has 4 heteroatoms. The van der Waals surface area contributed by atoms with E-state index >= 15 is 0 Å². The molecule has 0 bridgehead atoms. The average molecular weight is 290 g/mol. The molecular weight excluding hydrogens is 264 g/mol. The Balaban J connectivity index is 1.94. The summed E-state index contributed by atoms with van der Waals surface area (Å²) in [6.45, 7) is 5.65. The van der Waals surface area contributed by atoms with Gasteiger partial charge in [-0.15, -0.1) is 0 Å². The number of ether oxygens (including phenoxy) is 1. The number of amides is 1. The van der Waals surface area contributed by atoms with Gasteiger partial charge in [0.1, 0.15) is 5.60 Å². The second-order valence-electron chi connectivity index (χ2n) is 6.65. The second-order valence-corrected chi connectivity index (χ2v) is 6.65. The molecule has 0 aliphatic heterocycles. The van der Waals surface area contributed by atoms with E-state index in [1.165, 1.54) is 6.42 Å². The summed E-state index contributed by atoms with van der Waals surface area (Å²) < 4.78 is 5.36. The molecule has 0 spiro atoms. The van der Waals surface area contributed by atoms with E-state index in [1.54, 1.807) is 0 Å². The zero-order valence-electron chi connectivity index (χ0n) is 13.2. The van der Waals surface area contributed by atoms with Crippen molar-refractivity contribution in [2.45, 2.75) is 64.1 Å². The van der Waals surface area contributed by atoms with E-state index in [4.69, 9.17) is 4.74 Å². The van der Waals surface area contributed by atoms with Crippen LogP contribution in [-0.4, -0.2) is 23.8 Å². The molecule has 0 heterocycles. The lowest BCUT2D eigenvalue weighted by Gasteiger charge is -2.34. The first-order chi connectivity index (χ1) is 9.94. The van der Waals surface area contributed by atoms with E-state index in [2.05, 4.69) is 22.8 Å². The van der Waals surface area contributed by atoms with Gasteiger partial charge in [-0.2, -0.15) is 0 Å². The van der Waals surface area contributed by atoms with Crippen LogP contribution in [-0.2, 0) is 4.74 Å². The Labute approximate surface area is 127 Å². The summed E-state index contributed by atoms with van der Waals surface area (Å²) in [5.74, 6) is 0. The van der Waals surface area contributed by atoms with E-state index in [9.17, 15) is 4.79 Å². The Bertz CT molecular complexity index is 454. The van der Waals surface area contributed by atoms with E-state index < -0.39 is 5.60 Å². The third-order valence-corrected chi connectivity index (χ3v) is 3.59. The average Bonchev–Trinajstić information content (AvgIpc) is 2.40. The van der Waals surface area contributed by atoms with Crippen molar-refractivity contribution in [3.05, 3.63) is 30.3 Å². The van der Waals surface area contributed by atoms with Gasteiger partial charge in [0.05, 0.1) is 6.04 Å². The van der Waals surface area contributed by atoms with Crippen LogP contribution in [0.3, 0.4) is 0 Å². The molecule has 2 atom stereocenters. The van der Waals surface area contributed by atoms with Crippen LogP contribution < -0.4 is 10.6 Å². The number of hydrogen-bond donors (Lipinski definition) is 2. The van der Waals surface area contributed by atoms with Gasteiger partial charge in [0, 0.05) is 11.7 Å². The molecule has 0 unspecified atom stereocenters. The summed E-state index contributed by atoms with van der Waals surface area (Å²) >= 11 is 0. The van der Waals surface area contributed by atoms with Crippen molar-refractivity contribution in [2.24, 2.45) is 0 Å². The van der Waals surface area contributed by atoms with Crippen LogP contribution in [0.15, 0.2) is 30.3 Å². The first kappa shape index (κ1) is 15.7. The van der Waals surface area contributed by atoms with Crippen LogP contribution in [0, 0.1) is 0 Å². The summed E-state index contributed by atoms with van der Waals surface area (Å²) in [5, 5.41) is 6.55. The topological polar surface area (TPSA) is 50.4 Å². The van der Waals surface area contributed by atoms with Crippen molar-refractivity contribution in [1.29, 1.82) is 0 Å². The van der Waals surface area contributed by atoms with Crippen molar-refractivity contribution in [1.82, 2.24) is 5.32 Å². The standard InChI is InChI=1S/C17H26N2O2/c1-17(2,3)21-16(20)19-15-12-8-7-11-14(15)18-13-9-5-4-6-10-13/h4-6,9-10,14-15,18H,7-8,11-12H2,1-3H3,(H,19,20)/t14-,15+/m1/s1. The summed E-state index contributed by atoms with van der Waals surface area (Å²) in [4.78, 5) is 12.0. The van der Waals surface area contributed by atoms with E-state index in [-0.39, 0.29) is 18.2 Å². The molecule has 1 fully saturated rings. The van der Waals surface area contributed by atoms with Gasteiger partial charge in [0.15, 0.2) is 0 Å². The maximum atomic E-state index is 12.0. The fourth-order valence-electron chi connectivity index (χ4n) is 2.68. The van der Waals surface area contributed by atoms with Gasteiger partial charge in [-0.3, -0.25) is 0 Å². The summed E-state index contributed by atoms with van der Waals surface area (Å²) in [6, 6.07) is 10.5. The molecule has 2 rings (SSSR count). The van der Waals surface area contributed by atoms with Gasteiger partial charge < -0.3 is 15.4 Å². The highest BCUT2D eigenvalue weighted by atomic mass is 16.6. The molecule has 0 radical (unpaired) electrons. The highest BCUT2D eigenvalue weighted by Crippen LogP contribution is 2.22. The number of hydrogen-bond acceptors (Lipinski definition) is 3. The first-order valence-corrected chi connectivity index (χ1v) is 7.75. The predicted octanol–water partition coefficient (Wildman–Crippen LogP) is 3.93. The number of carbonyl (C=O) groups is 1. The largest absolute Gasteiger partial charge is 0.444 e. The number of nitrogens with one attached hydrogen (secondary N) is 2.